The van der Waals surface area contributed by atoms with Gasteiger partial charge in [0.2, 0.25) is 0 Å². The molecule has 0 saturated carbocycles. The molecule has 2 fully saturated rings. The van der Waals surface area contributed by atoms with E-state index in [0.29, 0.717) is 0 Å². The number of hydrogen-bond acceptors (Lipinski definition) is 2. The lowest BCUT2D eigenvalue weighted by Crippen LogP contribution is -2.03. The smallest absolute Gasteiger partial charge is 0.00484 e. The quantitative estimate of drug-likeness (QED) is 0.582. The predicted molar refractivity (Wildman–Crippen MR) is 55.6 cm³/mol. The van der Waals surface area contributed by atoms with Crippen LogP contribution in [0.5, 0.6) is 0 Å². The summed E-state index contributed by atoms with van der Waals surface area (Å²) in [5, 5.41) is 6.44. The summed E-state index contributed by atoms with van der Waals surface area (Å²) in [5.41, 5.74) is 0. The minimum absolute atomic E-state index is 1.25. The Labute approximate surface area is 77.1 Å². The van der Waals surface area contributed by atoms with E-state index >= 15 is 0 Å². The minimum atomic E-state index is 1.25. The molecule has 0 radical (unpaired) electrons. The Hall–Kier alpha value is -0.0800. The molecule has 2 saturated heterocycles. The maximum Gasteiger partial charge on any atom is -0.00484 e. The molecule has 2 aliphatic heterocycles. The van der Waals surface area contributed by atoms with Gasteiger partial charge in [-0.1, -0.05) is 13.8 Å². The van der Waals surface area contributed by atoms with Crippen molar-refractivity contribution in [3.8, 4) is 0 Å². The van der Waals surface area contributed by atoms with Crippen molar-refractivity contribution in [2.45, 2.75) is 39.5 Å². The van der Waals surface area contributed by atoms with E-state index in [2.05, 4.69) is 10.6 Å². The van der Waals surface area contributed by atoms with Crippen LogP contribution in [0.4, 0.5) is 0 Å². The first kappa shape index (κ1) is 11.9. The van der Waals surface area contributed by atoms with Crippen molar-refractivity contribution < 1.29 is 0 Å². The first-order valence-corrected chi connectivity index (χ1v) is 5.41. The van der Waals surface area contributed by atoms with Crippen molar-refractivity contribution >= 4 is 0 Å². The molecule has 0 atom stereocenters. The molecule has 0 aromatic rings. The van der Waals surface area contributed by atoms with Crippen LogP contribution in [-0.4, -0.2) is 26.2 Å². The van der Waals surface area contributed by atoms with Crippen LogP contribution in [0.2, 0.25) is 0 Å². The van der Waals surface area contributed by atoms with Gasteiger partial charge in [0.15, 0.2) is 0 Å². The van der Waals surface area contributed by atoms with Gasteiger partial charge in [-0.2, -0.15) is 0 Å². The maximum absolute atomic E-state index is 3.22. The van der Waals surface area contributed by atoms with Crippen LogP contribution in [0.15, 0.2) is 0 Å². The first-order chi connectivity index (χ1) is 6.00. The Bertz CT molecular complexity index is 41.0. The molecule has 0 aliphatic carbocycles. The van der Waals surface area contributed by atoms with Gasteiger partial charge in [0.25, 0.3) is 0 Å². The summed E-state index contributed by atoms with van der Waals surface area (Å²) in [6, 6.07) is 0. The molecular formula is C10H24N2. The van der Waals surface area contributed by atoms with E-state index in [4.69, 9.17) is 0 Å². The topological polar surface area (TPSA) is 24.1 Å². The van der Waals surface area contributed by atoms with Gasteiger partial charge in [0, 0.05) is 0 Å². The average Bonchev–Trinajstić information content (AvgIpc) is 2.87. The maximum atomic E-state index is 3.22. The molecule has 2 heteroatoms. The highest BCUT2D eigenvalue weighted by Gasteiger charge is 1.93. The molecule has 12 heavy (non-hydrogen) atoms. The zero-order chi connectivity index (χ0) is 9.07. The summed E-state index contributed by atoms with van der Waals surface area (Å²) < 4.78 is 0. The molecule has 0 bridgehead atoms. The van der Waals surface area contributed by atoms with Gasteiger partial charge in [-0.3, -0.25) is 0 Å². The minimum Gasteiger partial charge on any atom is -0.317 e. The zero-order valence-corrected chi connectivity index (χ0v) is 8.66. The third-order valence-electron chi connectivity index (χ3n) is 1.91. The molecule has 0 spiro atoms. The number of hydrogen-bond donors (Lipinski definition) is 2. The molecule has 0 aromatic heterocycles. The largest absolute Gasteiger partial charge is 0.317 e. The van der Waals surface area contributed by atoms with Crippen LogP contribution < -0.4 is 10.6 Å². The molecule has 0 aromatic carbocycles. The fraction of sp³-hybridized carbons (Fsp3) is 1.00. The summed E-state index contributed by atoms with van der Waals surface area (Å²) >= 11 is 0. The van der Waals surface area contributed by atoms with Gasteiger partial charge in [0.05, 0.1) is 0 Å². The van der Waals surface area contributed by atoms with E-state index in [0.717, 1.165) is 0 Å². The highest BCUT2D eigenvalue weighted by molar-refractivity contribution is 4.56. The van der Waals surface area contributed by atoms with Crippen molar-refractivity contribution in [3.05, 3.63) is 0 Å². The molecule has 2 N–H and O–H groups in total. The van der Waals surface area contributed by atoms with Crippen molar-refractivity contribution in [1.29, 1.82) is 0 Å². The summed E-state index contributed by atoms with van der Waals surface area (Å²) in [6.45, 7) is 9.00. The molecule has 2 heterocycles. The standard InChI is InChI=1S/2C4H9N.C2H6/c2*1-2-4-5-3-1;1-2/h2*5H,1-4H2;1-2H3. The Balaban J connectivity index is 0.000000168. The Morgan fingerprint density at radius 3 is 0.917 bits per heavy atom. The third-order valence-corrected chi connectivity index (χ3v) is 1.91. The predicted octanol–water partition coefficient (Wildman–Crippen LogP) is 1.77. The lowest BCUT2D eigenvalue weighted by molar-refractivity contribution is 0.857. The van der Waals surface area contributed by atoms with E-state index in [1.165, 1.54) is 51.9 Å². The lowest BCUT2D eigenvalue weighted by atomic mass is 10.4. The molecule has 0 unspecified atom stereocenters. The second-order valence-corrected chi connectivity index (χ2v) is 2.91. The summed E-state index contributed by atoms with van der Waals surface area (Å²) in [4.78, 5) is 0. The van der Waals surface area contributed by atoms with Crippen molar-refractivity contribution in [2.24, 2.45) is 0 Å². The number of rotatable bonds is 0. The van der Waals surface area contributed by atoms with Gasteiger partial charge >= 0.3 is 0 Å². The second kappa shape index (κ2) is 10.9. The van der Waals surface area contributed by atoms with E-state index in [-0.39, 0.29) is 0 Å². The van der Waals surface area contributed by atoms with Crippen LogP contribution in [0, 0.1) is 0 Å². The van der Waals surface area contributed by atoms with Gasteiger partial charge < -0.3 is 10.6 Å². The summed E-state index contributed by atoms with van der Waals surface area (Å²) in [7, 11) is 0. The summed E-state index contributed by atoms with van der Waals surface area (Å²) in [6.07, 6.45) is 5.56. The molecule has 2 rings (SSSR count). The molecule has 74 valence electrons. The average molecular weight is 172 g/mol. The fourth-order valence-corrected chi connectivity index (χ4v) is 1.25. The van der Waals surface area contributed by atoms with E-state index in [9.17, 15) is 0 Å². The monoisotopic (exact) mass is 172 g/mol. The van der Waals surface area contributed by atoms with Gasteiger partial charge in [-0.25, -0.2) is 0 Å². The highest BCUT2D eigenvalue weighted by Crippen LogP contribution is 1.90. The van der Waals surface area contributed by atoms with Crippen LogP contribution in [0.3, 0.4) is 0 Å². The lowest BCUT2D eigenvalue weighted by Gasteiger charge is -1.76. The van der Waals surface area contributed by atoms with Crippen LogP contribution in [0.1, 0.15) is 39.5 Å². The zero-order valence-electron chi connectivity index (χ0n) is 8.66. The SMILES string of the molecule is C1CCNC1.C1CCNC1.CC. The number of nitrogens with one attached hydrogen (secondary N) is 2. The van der Waals surface area contributed by atoms with Gasteiger partial charge in [-0.15, -0.1) is 0 Å². The molecule has 2 nitrogen and oxygen atoms in total. The van der Waals surface area contributed by atoms with Crippen LogP contribution in [0.25, 0.3) is 0 Å². The Morgan fingerprint density at radius 2 is 0.833 bits per heavy atom. The van der Waals surface area contributed by atoms with Gasteiger partial charge in [0.1, 0.15) is 0 Å². The van der Waals surface area contributed by atoms with Crippen molar-refractivity contribution in [2.75, 3.05) is 26.2 Å². The van der Waals surface area contributed by atoms with E-state index in [1.807, 2.05) is 13.8 Å². The second-order valence-electron chi connectivity index (χ2n) is 2.91. The van der Waals surface area contributed by atoms with Crippen molar-refractivity contribution in [1.82, 2.24) is 10.6 Å². The van der Waals surface area contributed by atoms with Crippen LogP contribution >= 0.6 is 0 Å². The molecule has 2 aliphatic rings. The van der Waals surface area contributed by atoms with Crippen molar-refractivity contribution in [3.63, 3.8) is 0 Å². The first-order valence-electron chi connectivity index (χ1n) is 5.41. The Kier molecular flexibility index (Phi) is 10.8. The Morgan fingerprint density at radius 1 is 0.583 bits per heavy atom. The normalized spacial score (nSPS) is 20.5. The van der Waals surface area contributed by atoms with E-state index in [1.54, 1.807) is 0 Å². The molecule has 0 amide bonds. The summed E-state index contributed by atoms with van der Waals surface area (Å²) in [5.74, 6) is 0. The van der Waals surface area contributed by atoms with Gasteiger partial charge in [-0.05, 0) is 51.9 Å². The fourth-order valence-electron chi connectivity index (χ4n) is 1.25. The molecular weight excluding hydrogens is 148 g/mol. The van der Waals surface area contributed by atoms with Crippen LogP contribution in [-0.2, 0) is 0 Å². The highest BCUT2D eigenvalue weighted by atomic mass is 14.9. The van der Waals surface area contributed by atoms with E-state index < -0.39 is 0 Å². The third kappa shape index (κ3) is 8.02.